The summed E-state index contributed by atoms with van der Waals surface area (Å²) in [4.78, 5) is 4.78. The second kappa shape index (κ2) is 15.9. The molecule has 2 aromatic heterocycles. The molecule has 11 aromatic carbocycles. The van der Waals surface area contributed by atoms with E-state index < -0.39 is 0 Å². The largest absolute Gasteiger partial charge is 0.310 e. The molecule has 0 bridgehead atoms. The van der Waals surface area contributed by atoms with Crippen LogP contribution in [0.1, 0.15) is 0 Å². The lowest BCUT2D eigenvalue weighted by Crippen LogP contribution is -2.13. The number of nitrogens with zero attached hydrogens (tertiary/aromatic N) is 2. The van der Waals surface area contributed by atoms with Gasteiger partial charge in [-0.25, -0.2) is 0 Å². The second-order valence-corrected chi connectivity index (χ2v) is 19.0. The molecule has 66 heavy (non-hydrogen) atoms. The molecule has 310 valence electrons. The number of fused-ring (bicyclic) bond motifs is 11. The van der Waals surface area contributed by atoms with Gasteiger partial charge in [-0.15, -0.1) is 22.7 Å². The summed E-state index contributed by atoms with van der Waals surface area (Å²) in [6.07, 6.45) is 0. The van der Waals surface area contributed by atoms with Gasteiger partial charge in [0, 0.05) is 79.9 Å². The third-order valence-electron chi connectivity index (χ3n) is 13.0. The summed E-state index contributed by atoms with van der Waals surface area (Å²) in [5, 5.41) is 10.5. The molecule has 0 fully saturated rings. The van der Waals surface area contributed by atoms with Crippen molar-refractivity contribution in [3.05, 3.63) is 243 Å². The third kappa shape index (κ3) is 6.53. The Hall–Kier alpha value is -8.02. The average molecular weight is 877 g/mol. The molecule has 0 aliphatic carbocycles. The van der Waals surface area contributed by atoms with Crippen molar-refractivity contribution >= 4 is 119 Å². The number of rotatable bonds is 8. The fourth-order valence-corrected chi connectivity index (χ4v) is 12.3. The van der Waals surface area contributed by atoms with Gasteiger partial charge in [0.05, 0.1) is 0 Å². The molecule has 13 rings (SSSR count). The Bertz CT molecular complexity index is 3890. The quantitative estimate of drug-likeness (QED) is 0.140. The monoisotopic (exact) mass is 876 g/mol. The molecule has 0 atom stereocenters. The highest BCUT2D eigenvalue weighted by Crippen LogP contribution is 2.47. The predicted molar refractivity (Wildman–Crippen MR) is 287 cm³/mol. The number of hydrogen-bond acceptors (Lipinski definition) is 4. The van der Waals surface area contributed by atoms with Crippen LogP contribution in [0.15, 0.2) is 243 Å². The minimum Gasteiger partial charge on any atom is -0.310 e. The van der Waals surface area contributed by atoms with Crippen molar-refractivity contribution in [1.29, 1.82) is 0 Å². The van der Waals surface area contributed by atoms with Crippen molar-refractivity contribution in [1.82, 2.24) is 0 Å². The van der Waals surface area contributed by atoms with Gasteiger partial charge in [-0.05, 0) is 123 Å². The van der Waals surface area contributed by atoms with E-state index in [1.807, 2.05) is 22.7 Å². The summed E-state index contributed by atoms with van der Waals surface area (Å²) in [6.45, 7) is 0. The van der Waals surface area contributed by atoms with E-state index in [1.165, 1.54) is 73.0 Å². The molecule has 0 aliphatic rings. The van der Waals surface area contributed by atoms with E-state index in [4.69, 9.17) is 0 Å². The molecule has 0 aliphatic heterocycles. The molecule has 2 nitrogen and oxygen atoms in total. The van der Waals surface area contributed by atoms with E-state index in [0.29, 0.717) is 0 Å². The Labute approximate surface area is 391 Å². The zero-order valence-electron chi connectivity index (χ0n) is 35.8. The number of thiophene rings is 2. The van der Waals surface area contributed by atoms with Crippen LogP contribution < -0.4 is 9.80 Å². The highest BCUT2D eigenvalue weighted by molar-refractivity contribution is 7.27. The predicted octanol–water partition coefficient (Wildman–Crippen LogP) is 19.0. The topological polar surface area (TPSA) is 6.48 Å². The Balaban J connectivity index is 0.977. The maximum atomic E-state index is 2.41. The van der Waals surface area contributed by atoms with Crippen molar-refractivity contribution in [3.8, 4) is 22.3 Å². The summed E-state index contributed by atoms with van der Waals surface area (Å²) in [5.74, 6) is 0. The first-order valence-corrected chi connectivity index (χ1v) is 24.0. The summed E-state index contributed by atoms with van der Waals surface area (Å²) < 4.78 is 5.24. The van der Waals surface area contributed by atoms with Gasteiger partial charge in [0.1, 0.15) is 0 Å². The molecule has 0 saturated carbocycles. The molecule has 0 N–H and O–H groups in total. The molecule has 0 unspecified atom stereocenters. The van der Waals surface area contributed by atoms with E-state index in [1.54, 1.807) is 0 Å². The minimum atomic E-state index is 1.07. The molecule has 0 spiro atoms. The number of benzene rings is 11. The first-order valence-electron chi connectivity index (χ1n) is 22.4. The maximum Gasteiger partial charge on any atom is 0.0488 e. The van der Waals surface area contributed by atoms with E-state index >= 15 is 0 Å². The Morgan fingerprint density at radius 3 is 1.33 bits per heavy atom. The van der Waals surface area contributed by atoms with Crippen molar-refractivity contribution < 1.29 is 0 Å². The van der Waals surface area contributed by atoms with E-state index in [2.05, 4.69) is 252 Å². The van der Waals surface area contributed by atoms with Crippen molar-refractivity contribution in [2.45, 2.75) is 0 Å². The summed E-state index contributed by atoms with van der Waals surface area (Å²) in [6, 6.07) is 88.8. The van der Waals surface area contributed by atoms with Gasteiger partial charge in [-0.1, -0.05) is 158 Å². The summed E-state index contributed by atoms with van der Waals surface area (Å²) in [7, 11) is 0. The summed E-state index contributed by atoms with van der Waals surface area (Å²) >= 11 is 3.76. The van der Waals surface area contributed by atoms with Crippen LogP contribution in [0.5, 0.6) is 0 Å². The van der Waals surface area contributed by atoms with Crippen LogP contribution in [0.4, 0.5) is 34.1 Å². The van der Waals surface area contributed by atoms with Gasteiger partial charge in [-0.2, -0.15) is 0 Å². The zero-order valence-corrected chi connectivity index (χ0v) is 37.4. The smallest absolute Gasteiger partial charge is 0.0488 e. The van der Waals surface area contributed by atoms with Crippen molar-refractivity contribution in [2.75, 3.05) is 9.80 Å². The van der Waals surface area contributed by atoms with Crippen LogP contribution in [0.2, 0.25) is 0 Å². The summed E-state index contributed by atoms with van der Waals surface area (Å²) in [5.41, 5.74) is 11.2. The Morgan fingerprint density at radius 2 is 0.697 bits per heavy atom. The van der Waals surface area contributed by atoms with Crippen LogP contribution in [0.25, 0.3) is 84.1 Å². The standard InChI is InChI=1S/C62H40N2S2/c1-4-16-45(17-5-1)63(46-18-6-2-7-19-46)49-36-44(37-50(39-49)64(47-20-8-3-9-21-47)48-33-34-54-53-24-14-15-27-58(53)65-60(54)40-48)42-30-28-41(29-31-42)43-32-35-59-57(38-43)61-55-25-12-10-22-51(55)52-23-11-13-26-56(52)62(61)66-59/h1-40H. The van der Waals surface area contributed by atoms with E-state index in [-0.39, 0.29) is 0 Å². The molecular formula is C62H40N2S2. The highest BCUT2D eigenvalue weighted by Gasteiger charge is 2.21. The maximum absolute atomic E-state index is 2.41. The molecular weight excluding hydrogens is 837 g/mol. The lowest BCUT2D eigenvalue weighted by atomic mass is 9.95. The average Bonchev–Trinajstić information content (AvgIpc) is 3.96. The minimum absolute atomic E-state index is 1.07. The van der Waals surface area contributed by atoms with E-state index in [0.717, 1.165) is 45.3 Å². The molecule has 0 radical (unpaired) electrons. The fourth-order valence-electron chi connectivity index (χ4n) is 9.94. The number of anilines is 6. The first-order chi connectivity index (χ1) is 32.7. The van der Waals surface area contributed by atoms with Crippen molar-refractivity contribution in [2.24, 2.45) is 0 Å². The van der Waals surface area contributed by atoms with Gasteiger partial charge >= 0.3 is 0 Å². The lowest BCUT2D eigenvalue weighted by molar-refractivity contribution is 1.25. The lowest BCUT2D eigenvalue weighted by Gasteiger charge is -2.30. The first kappa shape index (κ1) is 38.4. The fraction of sp³-hybridized carbons (Fsp3) is 0. The van der Waals surface area contributed by atoms with Crippen LogP contribution in [0, 0.1) is 0 Å². The molecule has 2 heterocycles. The molecule has 4 heteroatoms. The number of para-hydroxylation sites is 3. The molecule has 0 amide bonds. The van der Waals surface area contributed by atoms with Gasteiger partial charge in [-0.3, -0.25) is 0 Å². The third-order valence-corrected chi connectivity index (χ3v) is 15.3. The number of hydrogen-bond donors (Lipinski definition) is 0. The second-order valence-electron chi connectivity index (χ2n) is 16.9. The Morgan fingerprint density at radius 1 is 0.227 bits per heavy atom. The van der Waals surface area contributed by atoms with Crippen molar-refractivity contribution in [3.63, 3.8) is 0 Å². The molecule has 0 saturated heterocycles. The zero-order chi connectivity index (χ0) is 43.6. The van der Waals surface area contributed by atoms with Gasteiger partial charge < -0.3 is 9.80 Å². The van der Waals surface area contributed by atoms with Gasteiger partial charge in [0.25, 0.3) is 0 Å². The van der Waals surface area contributed by atoms with Crippen LogP contribution in [-0.4, -0.2) is 0 Å². The molecule has 13 aromatic rings. The van der Waals surface area contributed by atoms with Crippen LogP contribution in [0.3, 0.4) is 0 Å². The Kier molecular flexibility index (Phi) is 9.26. The van der Waals surface area contributed by atoms with Gasteiger partial charge in [0.15, 0.2) is 0 Å². The van der Waals surface area contributed by atoms with Gasteiger partial charge in [0.2, 0.25) is 0 Å². The highest BCUT2D eigenvalue weighted by atomic mass is 32.1. The normalized spacial score (nSPS) is 11.6. The van der Waals surface area contributed by atoms with E-state index in [9.17, 15) is 0 Å². The SMILES string of the molecule is c1ccc(N(c2ccccc2)c2cc(-c3ccc(-c4ccc5sc6c7ccccc7c7ccccc7c6c5c4)cc3)cc(N(c3ccccc3)c3ccc4c(c3)sc3ccccc34)c2)cc1. The van der Waals surface area contributed by atoms with Crippen LogP contribution >= 0.6 is 22.7 Å². The van der Waals surface area contributed by atoms with Crippen LogP contribution in [-0.2, 0) is 0 Å².